The van der Waals surface area contributed by atoms with Gasteiger partial charge in [0.25, 0.3) is 0 Å². The van der Waals surface area contributed by atoms with E-state index in [2.05, 4.69) is 33.5 Å². The van der Waals surface area contributed by atoms with Gasteiger partial charge in [-0.1, -0.05) is 32.0 Å². The normalized spacial score (nSPS) is 12.8. The second kappa shape index (κ2) is 8.26. The van der Waals surface area contributed by atoms with Gasteiger partial charge in [0.1, 0.15) is 0 Å². The van der Waals surface area contributed by atoms with Crippen LogP contribution in [0.15, 0.2) is 5.16 Å². The van der Waals surface area contributed by atoms with E-state index in [4.69, 9.17) is 5.73 Å². The number of carbonyl (C=O) groups excluding carboxylic acids is 1. The van der Waals surface area contributed by atoms with Gasteiger partial charge in [0.15, 0.2) is 11.0 Å². The van der Waals surface area contributed by atoms with Crippen molar-refractivity contribution >= 4 is 17.7 Å². The Labute approximate surface area is 125 Å². The number of rotatable bonds is 9. The van der Waals surface area contributed by atoms with Gasteiger partial charge in [-0.3, -0.25) is 9.69 Å². The van der Waals surface area contributed by atoms with Gasteiger partial charge in [-0.2, -0.15) is 0 Å². The van der Waals surface area contributed by atoms with Crippen molar-refractivity contribution in [2.75, 3.05) is 19.8 Å². The highest BCUT2D eigenvalue weighted by atomic mass is 32.2. The molecule has 1 rings (SSSR count). The SMILES string of the molecule is CCCCn1c(SCC(N)=O)nnc1[C@H](CC)N(C)C. The molecular formula is C13H25N5OS. The van der Waals surface area contributed by atoms with E-state index in [1.54, 1.807) is 0 Å². The number of unbranched alkanes of at least 4 members (excludes halogenated alkanes) is 1. The van der Waals surface area contributed by atoms with E-state index in [9.17, 15) is 4.79 Å². The summed E-state index contributed by atoms with van der Waals surface area (Å²) in [6.07, 6.45) is 3.15. The van der Waals surface area contributed by atoms with Crippen molar-refractivity contribution in [1.82, 2.24) is 19.7 Å². The van der Waals surface area contributed by atoms with Crippen LogP contribution in [0.25, 0.3) is 0 Å². The summed E-state index contributed by atoms with van der Waals surface area (Å²) in [6.45, 7) is 5.17. The van der Waals surface area contributed by atoms with Gasteiger partial charge < -0.3 is 10.3 Å². The number of aromatic nitrogens is 3. The Bertz CT molecular complexity index is 432. The van der Waals surface area contributed by atoms with Crippen molar-refractivity contribution in [3.05, 3.63) is 5.82 Å². The molecule has 1 atom stereocenters. The highest BCUT2D eigenvalue weighted by molar-refractivity contribution is 7.99. The van der Waals surface area contributed by atoms with Gasteiger partial charge in [-0.05, 0) is 26.9 Å². The van der Waals surface area contributed by atoms with Gasteiger partial charge >= 0.3 is 0 Å². The lowest BCUT2D eigenvalue weighted by molar-refractivity contribution is -0.115. The van der Waals surface area contributed by atoms with Crippen molar-refractivity contribution in [1.29, 1.82) is 0 Å². The Morgan fingerprint density at radius 1 is 1.40 bits per heavy atom. The van der Waals surface area contributed by atoms with Crippen LogP contribution >= 0.6 is 11.8 Å². The lowest BCUT2D eigenvalue weighted by atomic mass is 10.2. The van der Waals surface area contributed by atoms with Crippen LogP contribution < -0.4 is 5.73 Å². The Hall–Kier alpha value is -1.08. The third kappa shape index (κ3) is 4.49. The van der Waals surface area contributed by atoms with Crippen LogP contribution in [0.5, 0.6) is 0 Å². The largest absolute Gasteiger partial charge is 0.369 e. The van der Waals surface area contributed by atoms with Crippen molar-refractivity contribution in [2.45, 2.75) is 50.9 Å². The molecule has 114 valence electrons. The molecule has 0 bridgehead atoms. The maximum atomic E-state index is 10.9. The molecule has 0 saturated carbocycles. The van der Waals surface area contributed by atoms with E-state index >= 15 is 0 Å². The molecule has 1 amide bonds. The molecule has 0 spiro atoms. The van der Waals surface area contributed by atoms with Gasteiger partial charge in [-0.25, -0.2) is 0 Å². The zero-order chi connectivity index (χ0) is 15.1. The van der Waals surface area contributed by atoms with E-state index < -0.39 is 0 Å². The first kappa shape index (κ1) is 17.0. The van der Waals surface area contributed by atoms with Crippen molar-refractivity contribution in [2.24, 2.45) is 5.73 Å². The maximum Gasteiger partial charge on any atom is 0.227 e. The zero-order valence-corrected chi connectivity index (χ0v) is 13.6. The molecule has 0 aliphatic rings. The molecule has 7 heteroatoms. The van der Waals surface area contributed by atoms with Crippen molar-refractivity contribution in [3.63, 3.8) is 0 Å². The standard InChI is InChI=1S/C13H25N5OS/c1-5-7-8-18-12(10(6-2)17(3)4)15-16-13(18)20-9-11(14)19/h10H,5-9H2,1-4H3,(H2,14,19)/t10-/m0/s1. The molecular weight excluding hydrogens is 274 g/mol. The second-order valence-corrected chi connectivity index (χ2v) is 5.93. The molecule has 6 nitrogen and oxygen atoms in total. The minimum Gasteiger partial charge on any atom is -0.369 e. The second-order valence-electron chi connectivity index (χ2n) is 4.99. The molecule has 0 fully saturated rings. The van der Waals surface area contributed by atoms with Gasteiger partial charge in [0, 0.05) is 6.54 Å². The van der Waals surface area contributed by atoms with Gasteiger partial charge in [0.2, 0.25) is 5.91 Å². The van der Waals surface area contributed by atoms with Crippen LogP contribution in [0.4, 0.5) is 0 Å². The van der Waals surface area contributed by atoms with Gasteiger partial charge in [-0.15, -0.1) is 10.2 Å². The van der Waals surface area contributed by atoms with Crippen LogP contribution in [0.3, 0.4) is 0 Å². The number of nitrogens with zero attached hydrogens (tertiary/aromatic N) is 4. The third-order valence-electron chi connectivity index (χ3n) is 3.13. The summed E-state index contributed by atoms with van der Waals surface area (Å²) < 4.78 is 2.13. The zero-order valence-electron chi connectivity index (χ0n) is 12.8. The third-order valence-corrected chi connectivity index (χ3v) is 4.12. The van der Waals surface area contributed by atoms with Gasteiger partial charge in [0.05, 0.1) is 11.8 Å². The van der Waals surface area contributed by atoms with Crippen LogP contribution in [0.1, 0.15) is 45.0 Å². The molecule has 0 unspecified atom stereocenters. The van der Waals surface area contributed by atoms with Crippen LogP contribution in [-0.2, 0) is 11.3 Å². The smallest absolute Gasteiger partial charge is 0.227 e. The molecule has 0 aromatic carbocycles. The molecule has 2 N–H and O–H groups in total. The minimum absolute atomic E-state index is 0.238. The highest BCUT2D eigenvalue weighted by Gasteiger charge is 2.21. The summed E-state index contributed by atoms with van der Waals surface area (Å²) in [5.74, 6) is 0.877. The number of carbonyl (C=O) groups is 1. The molecule has 20 heavy (non-hydrogen) atoms. The number of hydrogen-bond donors (Lipinski definition) is 1. The van der Waals surface area contributed by atoms with Crippen LogP contribution in [0, 0.1) is 0 Å². The average Bonchev–Trinajstić information content (AvgIpc) is 2.77. The predicted molar refractivity (Wildman–Crippen MR) is 81.6 cm³/mol. The first-order valence-electron chi connectivity index (χ1n) is 7.01. The quantitative estimate of drug-likeness (QED) is 0.702. The van der Waals surface area contributed by atoms with E-state index in [0.29, 0.717) is 0 Å². The number of primary amides is 1. The Kier molecular flexibility index (Phi) is 7.01. The lowest BCUT2D eigenvalue weighted by Crippen LogP contribution is -2.23. The number of thioether (sulfide) groups is 1. The molecule has 1 aromatic heterocycles. The summed E-state index contributed by atoms with van der Waals surface area (Å²) in [5.41, 5.74) is 5.21. The molecule has 1 heterocycles. The van der Waals surface area contributed by atoms with Crippen LogP contribution in [0.2, 0.25) is 0 Å². The number of nitrogens with two attached hydrogens (primary N) is 1. The molecule has 1 aromatic rings. The monoisotopic (exact) mass is 299 g/mol. The fourth-order valence-corrected chi connectivity index (χ4v) is 2.80. The van der Waals surface area contributed by atoms with Crippen molar-refractivity contribution in [3.8, 4) is 0 Å². The molecule has 0 aliphatic heterocycles. The van der Waals surface area contributed by atoms with E-state index in [1.807, 2.05) is 14.1 Å². The summed E-state index contributed by atoms with van der Waals surface area (Å²) >= 11 is 1.36. The molecule has 0 aliphatic carbocycles. The summed E-state index contributed by atoms with van der Waals surface area (Å²) in [4.78, 5) is 13.1. The van der Waals surface area contributed by atoms with Crippen molar-refractivity contribution < 1.29 is 4.79 Å². The fraction of sp³-hybridized carbons (Fsp3) is 0.769. The molecule has 0 radical (unpaired) electrons. The topological polar surface area (TPSA) is 77.0 Å². The Balaban J connectivity index is 3.00. The predicted octanol–water partition coefficient (Wildman–Crippen LogP) is 1.67. The average molecular weight is 299 g/mol. The number of hydrogen-bond acceptors (Lipinski definition) is 5. The highest BCUT2D eigenvalue weighted by Crippen LogP contribution is 2.25. The first-order valence-corrected chi connectivity index (χ1v) is 8.00. The minimum atomic E-state index is -0.332. The summed E-state index contributed by atoms with van der Waals surface area (Å²) in [6, 6.07) is 0.238. The Morgan fingerprint density at radius 3 is 2.60 bits per heavy atom. The fourth-order valence-electron chi connectivity index (χ4n) is 2.09. The Morgan fingerprint density at radius 2 is 2.10 bits per heavy atom. The summed E-state index contributed by atoms with van der Waals surface area (Å²) in [7, 11) is 4.09. The summed E-state index contributed by atoms with van der Waals surface area (Å²) in [5, 5.41) is 9.36. The van der Waals surface area contributed by atoms with E-state index in [0.717, 1.165) is 36.8 Å². The van der Waals surface area contributed by atoms with E-state index in [1.165, 1.54) is 11.8 Å². The number of amides is 1. The lowest BCUT2D eigenvalue weighted by Gasteiger charge is -2.23. The first-order chi connectivity index (χ1) is 9.51. The van der Waals surface area contributed by atoms with Crippen LogP contribution in [-0.4, -0.2) is 45.4 Å². The van der Waals surface area contributed by atoms with E-state index in [-0.39, 0.29) is 17.7 Å². The molecule has 0 saturated heterocycles. The maximum absolute atomic E-state index is 10.9.